The second-order valence-corrected chi connectivity index (χ2v) is 6.20. The van der Waals surface area contributed by atoms with E-state index in [0.717, 1.165) is 11.4 Å². The average Bonchev–Trinajstić information content (AvgIpc) is 2.69. The minimum Gasteiger partial charge on any atom is -0.341 e. The molecule has 0 saturated heterocycles. The van der Waals surface area contributed by atoms with Crippen LogP contribution >= 0.6 is 0 Å². The normalized spacial score (nSPS) is 10.7. The second-order valence-electron chi connectivity index (χ2n) is 6.20. The summed E-state index contributed by atoms with van der Waals surface area (Å²) in [5.41, 5.74) is 2.54. The van der Waals surface area contributed by atoms with Crippen LogP contribution in [-0.2, 0) is 0 Å². The van der Waals surface area contributed by atoms with Gasteiger partial charge in [0.15, 0.2) is 11.2 Å². The third-order valence-electron chi connectivity index (χ3n) is 4.32. The highest BCUT2D eigenvalue weighted by molar-refractivity contribution is 5.96. The Morgan fingerprint density at radius 3 is 2.30 bits per heavy atom. The van der Waals surface area contributed by atoms with Crippen LogP contribution < -0.4 is 10.7 Å². The molecule has 0 bridgehead atoms. The van der Waals surface area contributed by atoms with E-state index in [1.165, 1.54) is 13.1 Å². The van der Waals surface area contributed by atoms with Crippen LogP contribution in [-0.4, -0.2) is 15.3 Å². The molecule has 0 atom stereocenters. The van der Waals surface area contributed by atoms with E-state index in [4.69, 9.17) is 0 Å². The van der Waals surface area contributed by atoms with E-state index in [9.17, 15) is 9.59 Å². The number of rotatable bonds is 4. The van der Waals surface area contributed by atoms with Crippen molar-refractivity contribution in [2.24, 2.45) is 0 Å². The minimum atomic E-state index is -0.154. The molecule has 0 aliphatic carbocycles. The van der Waals surface area contributed by atoms with Gasteiger partial charge in [0.25, 0.3) is 0 Å². The Morgan fingerprint density at radius 1 is 0.963 bits per heavy atom. The first kappa shape index (κ1) is 16.7. The highest BCUT2D eigenvalue weighted by Gasteiger charge is 2.14. The lowest BCUT2D eigenvalue weighted by Gasteiger charge is -2.18. The zero-order valence-corrected chi connectivity index (χ0v) is 14.7. The molecule has 4 rings (SSSR count). The van der Waals surface area contributed by atoms with Gasteiger partial charge in [-0.15, -0.1) is 0 Å². The largest absolute Gasteiger partial charge is 0.341 e. The van der Waals surface area contributed by atoms with E-state index >= 15 is 0 Å². The Morgan fingerprint density at radius 2 is 1.63 bits per heavy atom. The number of para-hydroxylation sites is 2. The highest BCUT2D eigenvalue weighted by atomic mass is 16.1. The van der Waals surface area contributed by atoms with Gasteiger partial charge in [0.1, 0.15) is 11.5 Å². The minimum absolute atomic E-state index is 0.148. The van der Waals surface area contributed by atoms with Crippen molar-refractivity contribution < 1.29 is 4.79 Å². The number of pyridine rings is 2. The van der Waals surface area contributed by atoms with Gasteiger partial charge < -0.3 is 5.32 Å². The van der Waals surface area contributed by atoms with Crippen molar-refractivity contribution in [1.29, 1.82) is 0 Å². The van der Waals surface area contributed by atoms with Gasteiger partial charge in [-0.25, -0.2) is 0 Å². The van der Waals surface area contributed by atoms with Crippen molar-refractivity contribution in [3.63, 3.8) is 0 Å². The number of hydrogen-bond donors (Lipinski definition) is 1. The molecular weight excluding hydrogens is 338 g/mol. The summed E-state index contributed by atoms with van der Waals surface area (Å²) < 4.78 is 1.93. The second kappa shape index (κ2) is 6.88. The van der Waals surface area contributed by atoms with Crippen LogP contribution in [0.1, 0.15) is 17.4 Å². The van der Waals surface area contributed by atoms with Gasteiger partial charge in [0.05, 0.1) is 10.9 Å². The summed E-state index contributed by atoms with van der Waals surface area (Å²) in [5.74, 6) is 0.469. The average molecular weight is 355 g/mol. The number of ketones is 1. The van der Waals surface area contributed by atoms with Gasteiger partial charge >= 0.3 is 0 Å². The molecule has 0 unspecified atom stereocenters. The van der Waals surface area contributed by atoms with E-state index in [0.29, 0.717) is 22.4 Å². The van der Waals surface area contributed by atoms with Gasteiger partial charge in [0, 0.05) is 30.6 Å². The van der Waals surface area contributed by atoms with Crippen molar-refractivity contribution in [3.05, 3.63) is 94.9 Å². The molecule has 0 saturated carbocycles. The quantitative estimate of drug-likeness (QED) is 0.553. The molecule has 0 spiro atoms. The Bertz CT molecular complexity index is 1180. The number of nitrogens with zero attached hydrogens (tertiary/aromatic N) is 2. The molecule has 5 nitrogen and oxygen atoms in total. The highest BCUT2D eigenvalue weighted by Crippen LogP contribution is 2.25. The number of nitrogens with one attached hydrogen (secondary N) is 1. The summed E-state index contributed by atoms with van der Waals surface area (Å²) in [6, 6.07) is 22.5. The molecule has 5 heteroatoms. The molecule has 2 aromatic carbocycles. The van der Waals surface area contributed by atoms with E-state index in [2.05, 4.69) is 10.3 Å². The van der Waals surface area contributed by atoms with Gasteiger partial charge in [-0.05, 0) is 30.3 Å². The van der Waals surface area contributed by atoms with Crippen LogP contribution in [0.5, 0.6) is 0 Å². The fraction of sp³-hybridized carbons (Fsp3) is 0.0455. The Hall–Kier alpha value is -3.73. The van der Waals surface area contributed by atoms with Crippen molar-refractivity contribution >= 4 is 28.2 Å². The number of hydrogen-bond acceptors (Lipinski definition) is 4. The van der Waals surface area contributed by atoms with Crippen molar-refractivity contribution in [3.8, 4) is 5.69 Å². The predicted molar refractivity (Wildman–Crippen MR) is 107 cm³/mol. The van der Waals surface area contributed by atoms with Crippen molar-refractivity contribution in [1.82, 2.24) is 9.55 Å². The zero-order valence-electron chi connectivity index (χ0n) is 14.7. The van der Waals surface area contributed by atoms with Gasteiger partial charge in [0.2, 0.25) is 0 Å². The molecule has 0 aliphatic heterocycles. The summed E-state index contributed by atoms with van der Waals surface area (Å²) in [5, 5.41) is 3.77. The van der Waals surface area contributed by atoms with Crippen LogP contribution in [0, 0.1) is 0 Å². The van der Waals surface area contributed by atoms with Crippen molar-refractivity contribution in [2.75, 3.05) is 5.32 Å². The first-order valence-electron chi connectivity index (χ1n) is 8.58. The summed E-state index contributed by atoms with van der Waals surface area (Å²) in [6.45, 7) is 1.46. The lowest BCUT2D eigenvalue weighted by Crippen LogP contribution is -2.13. The van der Waals surface area contributed by atoms with E-state index in [1.807, 2.05) is 65.2 Å². The Kier molecular flexibility index (Phi) is 4.26. The maximum atomic E-state index is 12.7. The first-order valence-corrected chi connectivity index (χ1v) is 8.58. The summed E-state index contributed by atoms with van der Waals surface area (Å²) in [7, 11) is 0. The summed E-state index contributed by atoms with van der Waals surface area (Å²) in [6.07, 6.45) is 1.47. The number of benzene rings is 2. The molecule has 2 aromatic heterocycles. The standard InChI is InChI=1S/C22H17N3O2/c1-15(26)19-12-20-18(14-23-19)21(27)13-22(24-16-8-4-2-5-9-16)25(20)17-10-6-3-7-11-17/h2-14,24H,1H3. The monoisotopic (exact) mass is 355 g/mol. The smallest absolute Gasteiger partial charge is 0.193 e. The third-order valence-corrected chi connectivity index (χ3v) is 4.32. The van der Waals surface area contributed by atoms with Crippen LogP contribution in [0.15, 0.2) is 83.8 Å². The van der Waals surface area contributed by atoms with Gasteiger partial charge in [-0.3, -0.25) is 19.1 Å². The molecule has 0 aliphatic rings. The molecular formula is C22H17N3O2. The number of carbonyl (C=O) groups is 1. The Labute approximate surface area is 155 Å². The number of aromatic nitrogens is 2. The van der Waals surface area contributed by atoms with Crippen LogP contribution in [0.3, 0.4) is 0 Å². The van der Waals surface area contributed by atoms with E-state index in [1.54, 1.807) is 12.1 Å². The van der Waals surface area contributed by atoms with Crippen LogP contribution in [0.4, 0.5) is 11.5 Å². The lowest BCUT2D eigenvalue weighted by molar-refractivity contribution is 0.101. The molecule has 132 valence electrons. The topological polar surface area (TPSA) is 64.0 Å². The van der Waals surface area contributed by atoms with Crippen LogP contribution in [0.25, 0.3) is 16.6 Å². The van der Waals surface area contributed by atoms with E-state index in [-0.39, 0.29) is 11.2 Å². The van der Waals surface area contributed by atoms with E-state index < -0.39 is 0 Å². The predicted octanol–water partition coefficient (Wildman–Crippen LogP) is 4.33. The molecule has 2 heterocycles. The van der Waals surface area contributed by atoms with Crippen LogP contribution in [0.2, 0.25) is 0 Å². The maximum Gasteiger partial charge on any atom is 0.193 e. The van der Waals surface area contributed by atoms with Crippen molar-refractivity contribution in [2.45, 2.75) is 6.92 Å². The Balaban J connectivity index is 2.04. The fourth-order valence-electron chi connectivity index (χ4n) is 3.02. The lowest BCUT2D eigenvalue weighted by atomic mass is 10.1. The number of fused-ring (bicyclic) bond motifs is 1. The number of anilines is 2. The van der Waals surface area contributed by atoms with Gasteiger partial charge in [-0.2, -0.15) is 0 Å². The third kappa shape index (κ3) is 3.22. The first-order chi connectivity index (χ1) is 13.1. The summed E-state index contributed by atoms with van der Waals surface area (Å²) in [4.78, 5) is 28.6. The zero-order chi connectivity index (χ0) is 18.8. The molecule has 0 fully saturated rings. The molecule has 27 heavy (non-hydrogen) atoms. The molecule has 0 radical (unpaired) electrons. The molecule has 4 aromatic rings. The SMILES string of the molecule is CC(=O)c1cc2c(cn1)c(=O)cc(Nc1ccccc1)n2-c1ccccc1. The summed E-state index contributed by atoms with van der Waals surface area (Å²) >= 11 is 0. The molecule has 1 N–H and O–H groups in total. The number of Topliss-reactive ketones (excluding diaryl/α,β-unsaturated/α-hetero) is 1. The number of carbonyl (C=O) groups excluding carboxylic acids is 1. The maximum absolute atomic E-state index is 12.7. The van der Waals surface area contributed by atoms with Gasteiger partial charge in [-0.1, -0.05) is 36.4 Å². The fourth-order valence-corrected chi connectivity index (χ4v) is 3.02. The molecule has 0 amide bonds.